The first-order valence-electron chi connectivity index (χ1n) is 5.51. The van der Waals surface area contributed by atoms with Gasteiger partial charge in [0.15, 0.2) is 11.6 Å². The Labute approximate surface area is 104 Å². The van der Waals surface area contributed by atoms with Crippen LogP contribution in [0.25, 0.3) is 0 Å². The van der Waals surface area contributed by atoms with Crippen molar-refractivity contribution in [2.24, 2.45) is 0 Å². The molecule has 2 nitrogen and oxygen atoms in total. The first-order valence-corrected chi connectivity index (χ1v) is 5.51. The monoisotopic (exact) mass is 249 g/mol. The second-order valence-electron chi connectivity index (χ2n) is 3.83. The molecule has 0 saturated carbocycles. The highest BCUT2D eigenvalue weighted by Gasteiger charge is 2.03. The van der Waals surface area contributed by atoms with Gasteiger partial charge in [0.05, 0.1) is 7.11 Å². The number of rotatable bonds is 4. The molecule has 0 spiro atoms. The maximum atomic E-state index is 13.4. The SMILES string of the molecule is COc1ccc(CNc2cccc(F)c2)cc1F. The Bertz CT molecular complexity index is 543. The van der Waals surface area contributed by atoms with Gasteiger partial charge < -0.3 is 10.1 Å². The van der Waals surface area contributed by atoms with Crippen LogP contribution in [-0.4, -0.2) is 7.11 Å². The van der Waals surface area contributed by atoms with Crippen molar-refractivity contribution in [3.8, 4) is 5.75 Å². The van der Waals surface area contributed by atoms with E-state index in [0.29, 0.717) is 12.2 Å². The summed E-state index contributed by atoms with van der Waals surface area (Å²) in [5, 5.41) is 3.02. The van der Waals surface area contributed by atoms with Crippen molar-refractivity contribution in [2.75, 3.05) is 12.4 Å². The summed E-state index contributed by atoms with van der Waals surface area (Å²) in [6.45, 7) is 0.421. The zero-order valence-corrected chi connectivity index (χ0v) is 9.91. The van der Waals surface area contributed by atoms with Gasteiger partial charge in [-0.1, -0.05) is 12.1 Å². The molecule has 0 bridgehead atoms. The Morgan fingerprint density at radius 3 is 2.61 bits per heavy atom. The number of nitrogens with one attached hydrogen (secondary N) is 1. The third-order valence-corrected chi connectivity index (χ3v) is 2.54. The summed E-state index contributed by atoms with van der Waals surface area (Å²) in [6.07, 6.45) is 0. The van der Waals surface area contributed by atoms with Crippen molar-refractivity contribution in [3.63, 3.8) is 0 Å². The highest BCUT2D eigenvalue weighted by atomic mass is 19.1. The van der Waals surface area contributed by atoms with Crippen LogP contribution in [-0.2, 0) is 6.54 Å². The highest BCUT2D eigenvalue weighted by molar-refractivity contribution is 5.44. The molecule has 0 amide bonds. The van der Waals surface area contributed by atoms with E-state index in [1.165, 1.54) is 25.3 Å². The lowest BCUT2D eigenvalue weighted by molar-refractivity contribution is 0.386. The van der Waals surface area contributed by atoms with Gasteiger partial charge in [-0.05, 0) is 35.9 Å². The number of hydrogen-bond acceptors (Lipinski definition) is 2. The summed E-state index contributed by atoms with van der Waals surface area (Å²) in [5.74, 6) is -0.499. The summed E-state index contributed by atoms with van der Waals surface area (Å²) in [7, 11) is 1.42. The van der Waals surface area contributed by atoms with Gasteiger partial charge in [-0.15, -0.1) is 0 Å². The summed E-state index contributed by atoms with van der Waals surface area (Å²) >= 11 is 0. The van der Waals surface area contributed by atoms with E-state index in [0.717, 1.165) is 5.56 Å². The molecule has 1 N–H and O–H groups in total. The molecule has 0 aliphatic carbocycles. The molecule has 18 heavy (non-hydrogen) atoms. The minimum atomic E-state index is -0.406. The summed E-state index contributed by atoms with van der Waals surface area (Å²) in [4.78, 5) is 0. The fraction of sp³-hybridized carbons (Fsp3) is 0.143. The zero-order valence-electron chi connectivity index (χ0n) is 9.91. The average Bonchev–Trinajstić information content (AvgIpc) is 2.37. The lowest BCUT2D eigenvalue weighted by Crippen LogP contribution is -2.00. The van der Waals surface area contributed by atoms with Gasteiger partial charge in [-0.3, -0.25) is 0 Å². The predicted octanol–water partition coefficient (Wildman–Crippen LogP) is 3.59. The van der Waals surface area contributed by atoms with E-state index in [4.69, 9.17) is 4.74 Å². The molecule has 0 aromatic heterocycles. The normalized spacial score (nSPS) is 10.2. The first-order chi connectivity index (χ1) is 8.69. The van der Waals surface area contributed by atoms with Crippen molar-refractivity contribution in [1.29, 1.82) is 0 Å². The number of ether oxygens (including phenoxy) is 1. The number of halogens is 2. The maximum absolute atomic E-state index is 13.4. The first kappa shape index (κ1) is 12.4. The van der Waals surface area contributed by atoms with Gasteiger partial charge in [-0.25, -0.2) is 8.78 Å². The Kier molecular flexibility index (Phi) is 3.77. The molecule has 2 rings (SSSR count). The second kappa shape index (κ2) is 5.49. The van der Waals surface area contributed by atoms with Crippen molar-refractivity contribution >= 4 is 5.69 Å². The van der Waals surface area contributed by atoms with Crippen LogP contribution in [0.5, 0.6) is 5.75 Å². The van der Waals surface area contributed by atoms with Crippen molar-refractivity contribution in [3.05, 3.63) is 59.7 Å². The third-order valence-electron chi connectivity index (χ3n) is 2.54. The fourth-order valence-corrected chi connectivity index (χ4v) is 1.62. The van der Waals surface area contributed by atoms with Crippen molar-refractivity contribution in [1.82, 2.24) is 0 Å². The molecule has 0 saturated heterocycles. The molecule has 0 aliphatic heterocycles. The molecule has 2 aromatic rings. The molecule has 0 atom stereocenters. The number of methoxy groups -OCH3 is 1. The Hall–Kier alpha value is -2.10. The van der Waals surface area contributed by atoms with Crippen LogP contribution in [0.4, 0.5) is 14.5 Å². The van der Waals surface area contributed by atoms with Crippen LogP contribution in [0.2, 0.25) is 0 Å². The van der Waals surface area contributed by atoms with Gasteiger partial charge in [0.1, 0.15) is 5.82 Å². The second-order valence-corrected chi connectivity index (χ2v) is 3.83. The van der Waals surface area contributed by atoms with E-state index < -0.39 is 5.82 Å². The Morgan fingerprint density at radius 1 is 1.11 bits per heavy atom. The minimum absolute atomic E-state index is 0.213. The van der Waals surface area contributed by atoms with Gasteiger partial charge in [0.2, 0.25) is 0 Å². The molecular formula is C14H13F2NO. The quantitative estimate of drug-likeness (QED) is 0.894. The van der Waals surface area contributed by atoms with E-state index in [9.17, 15) is 8.78 Å². The molecule has 0 fully saturated rings. The van der Waals surface area contributed by atoms with Crippen LogP contribution < -0.4 is 10.1 Å². The van der Waals surface area contributed by atoms with Crippen LogP contribution in [0.1, 0.15) is 5.56 Å². The molecular weight excluding hydrogens is 236 g/mol. The lowest BCUT2D eigenvalue weighted by Gasteiger charge is -2.08. The molecule has 0 aliphatic rings. The predicted molar refractivity (Wildman–Crippen MR) is 66.7 cm³/mol. The molecule has 94 valence electrons. The van der Waals surface area contributed by atoms with Crippen LogP contribution in [0.15, 0.2) is 42.5 Å². The highest BCUT2D eigenvalue weighted by Crippen LogP contribution is 2.18. The smallest absolute Gasteiger partial charge is 0.165 e. The molecule has 2 aromatic carbocycles. The van der Waals surface area contributed by atoms with Crippen molar-refractivity contribution < 1.29 is 13.5 Å². The number of anilines is 1. The maximum Gasteiger partial charge on any atom is 0.165 e. The topological polar surface area (TPSA) is 21.3 Å². The zero-order chi connectivity index (χ0) is 13.0. The average molecular weight is 249 g/mol. The molecule has 0 unspecified atom stereocenters. The standard InChI is InChI=1S/C14H13F2NO/c1-18-14-6-5-10(7-13(14)16)9-17-12-4-2-3-11(15)8-12/h2-8,17H,9H2,1H3. The largest absolute Gasteiger partial charge is 0.494 e. The summed E-state index contributed by atoms with van der Waals surface area (Å²) in [5.41, 5.74) is 1.42. The van der Waals surface area contributed by atoms with Crippen molar-refractivity contribution in [2.45, 2.75) is 6.54 Å². The van der Waals surface area contributed by atoms with Crippen LogP contribution in [0, 0.1) is 11.6 Å². The van der Waals surface area contributed by atoms with E-state index in [1.807, 2.05) is 0 Å². The van der Waals surface area contributed by atoms with Gasteiger partial charge in [-0.2, -0.15) is 0 Å². The Balaban J connectivity index is 2.04. The molecule has 0 radical (unpaired) electrons. The minimum Gasteiger partial charge on any atom is -0.494 e. The summed E-state index contributed by atoms with van der Waals surface area (Å²) in [6, 6.07) is 10.9. The summed E-state index contributed by atoms with van der Waals surface area (Å²) < 4.78 is 31.2. The van der Waals surface area contributed by atoms with E-state index in [1.54, 1.807) is 24.3 Å². The van der Waals surface area contributed by atoms with Gasteiger partial charge >= 0.3 is 0 Å². The lowest BCUT2D eigenvalue weighted by atomic mass is 10.2. The third kappa shape index (κ3) is 2.97. The molecule has 0 heterocycles. The number of benzene rings is 2. The van der Waals surface area contributed by atoms with Crippen LogP contribution >= 0.6 is 0 Å². The van der Waals surface area contributed by atoms with Crippen LogP contribution in [0.3, 0.4) is 0 Å². The molecule has 4 heteroatoms. The van der Waals surface area contributed by atoms with Gasteiger partial charge in [0.25, 0.3) is 0 Å². The van der Waals surface area contributed by atoms with Gasteiger partial charge in [0, 0.05) is 12.2 Å². The van der Waals surface area contributed by atoms with E-state index in [-0.39, 0.29) is 11.6 Å². The Morgan fingerprint density at radius 2 is 1.94 bits per heavy atom. The van der Waals surface area contributed by atoms with E-state index in [2.05, 4.69) is 5.32 Å². The van der Waals surface area contributed by atoms with E-state index >= 15 is 0 Å². The number of hydrogen-bond donors (Lipinski definition) is 1. The fourth-order valence-electron chi connectivity index (χ4n) is 1.62.